The average Bonchev–Trinajstić information content (AvgIpc) is 2.44. The van der Waals surface area contributed by atoms with Crippen LogP contribution >= 0.6 is 0 Å². The number of carbonyl (C=O) groups excluding carboxylic acids is 2. The van der Waals surface area contributed by atoms with Gasteiger partial charge in [0.15, 0.2) is 0 Å². The van der Waals surface area contributed by atoms with Crippen molar-refractivity contribution >= 4 is 17.5 Å². The number of benzene rings is 1. The Morgan fingerprint density at radius 1 is 1.38 bits per heavy atom. The van der Waals surface area contributed by atoms with Crippen molar-refractivity contribution in [1.82, 2.24) is 4.90 Å². The number of hydrogen-bond acceptors (Lipinski definition) is 3. The lowest BCUT2D eigenvalue weighted by Crippen LogP contribution is -2.39. The predicted molar refractivity (Wildman–Crippen MR) is 79.1 cm³/mol. The van der Waals surface area contributed by atoms with Crippen molar-refractivity contribution in [2.75, 3.05) is 18.9 Å². The summed E-state index contributed by atoms with van der Waals surface area (Å²) < 4.78 is 0. The van der Waals surface area contributed by atoms with Gasteiger partial charge >= 0.3 is 0 Å². The zero-order valence-corrected chi connectivity index (χ0v) is 12.1. The van der Waals surface area contributed by atoms with Gasteiger partial charge in [0.1, 0.15) is 0 Å². The molecule has 5 nitrogen and oxygen atoms in total. The number of hydrogen-bond donors (Lipinski definition) is 2. The third-order valence-corrected chi connectivity index (χ3v) is 4.34. The number of rotatable bonds is 3. The van der Waals surface area contributed by atoms with E-state index in [1.807, 2.05) is 6.07 Å². The molecule has 1 aliphatic heterocycles. The van der Waals surface area contributed by atoms with Gasteiger partial charge in [-0.3, -0.25) is 9.59 Å². The Kier molecular flexibility index (Phi) is 3.68. The number of anilines is 1. The highest BCUT2D eigenvalue weighted by atomic mass is 16.3. The summed E-state index contributed by atoms with van der Waals surface area (Å²) in [5.41, 5.74) is 2.49. The highest BCUT2D eigenvalue weighted by molar-refractivity contribution is 5.97. The Hall–Kier alpha value is -1.88. The van der Waals surface area contributed by atoms with Gasteiger partial charge in [0.2, 0.25) is 5.91 Å². The Labute approximate surface area is 123 Å². The first kappa shape index (κ1) is 14.1. The van der Waals surface area contributed by atoms with E-state index < -0.39 is 0 Å². The van der Waals surface area contributed by atoms with E-state index >= 15 is 0 Å². The van der Waals surface area contributed by atoms with E-state index in [-0.39, 0.29) is 17.9 Å². The molecule has 0 spiro atoms. The van der Waals surface area contributed by atoms with Crippen LogP contribution in [-0.4, -0.2) is 41.5 Å². The first-order valence-electron chi connectivity index (χ1n) is 7.39. The molecule has 112 valence electrons. The third-order valence-electron chi connectivity index (χ3n) is 4.34. The van der Waals surface area contributed by atoms with Crippen LogP contribution in [0.2, 0.25) is 0 Å². The van der Waals surface area contributed by atoms with Crippen LogP contribution in [0.5, 0.6) is 0 Å². The number of aliphatic hydroxyl groups excluding tert-OH is 1. The monoisotopic (exact) mass is 288 g/mol. The molecule has 3 rings (SSSR count). The van der Waals surface area contributed by atoms with Gasteiger partial charge in [0.25, 0.3) is 5.91 Å². The topological polar surface area (TPSA) is 69.6 Å². The van der Waals surface area contributed by atoms with Crippen LogP contribution in [0.15, 0.2) is 18.2 Å². The van der Waals surface area contributed by atoms with Crippen LogP contribution in [0.1, 0.15) is 35.2 Å². The second-order valence-electron chi connectivity index (χ2n) is 6.10. The minimum absolute atomic E-state index is 0.00362. The number of amides is 2. The Morgan fingerprint density at radius 3 is 2.86 bits per heavy atom. The molecule has 1 aromatic carbocycles. The molecular formula is C16H20N2O3. The number of carbonyl (C=O) groups is 2. The second kappa shape index (κ2) is 5.48. The van der Waals surface area contributed by atoms with E-state index in [4.69, 9.17) is 0 Å². The molecule has 5 heteroatoms. The van der Waals surface area contributed by atoms with Crippen LogP contribution in [0.4, 0.5) is 5.69 Å². The lowest BCUT2D eigenvalue weighted by atomic mass is 9.82. The largest absolute Gasteiger partial charge is 0.393 e. The Bertz CT molecular complexity index is 579. The maximum atomic E-state index is 12.4. The van der Waals surface area contributed by atoms with E-state index in [2.05, 4.69) is 5.32 Å². The summed E-state index contributed by atoms with van der Waals surface area (Å²) in [4.78, 5) is 25.5. The summed E-state index contributed by atoms with van der Waals surface area (Å²) in [5.74, 6) is 0.434. The number of nitrogens with one attached hydrogen (secondary N) is 1. The molecule has 0 bridgehead atoms. The number of aryl methyl sites for hydroxylation is 1. The Morgan fingerprint density at radius 2 is 2.14 bits per heavy atom. The summed E-state index contributed by atoms with van der Waals surface area (Å²) in [7, 11) is 1.80. The van der Waals surface area contributed by atoms with Gasteiger partial charge in [-0.25, -0.2) is 0 Å². The van der Waals surface area contributed by atoms with Crippen molar-refractivity contribution in [3.8, 4) is 0 Å². The quantitative estimate of drug-likeness (QED) is 0.883. The van der Waals surface area contributed by atoms with Crippen molar-refractivity contribution < 1.29 is 14.7 Å². The molecule has 0 radical (unpaired) electrons. The van der Waals surface area contributed by atoms with Gasteiger partial charge in [-0.15, -0.1) is 0 Å². The standard InChI is InChI=1S/C16H20N2O3/c1-18(9-10-6-13(19)7-10)16(21)12-2-4-14-11(8-12)3-5-15(20)17-14/h2,4,8,10,13,19H,3,5-7,9H2,1H3,(H,17,20). The first-order valence-corrected chi connectivity index (χ1v) is 7.39. The first-order chi connectivity index (χ1) is 10.0. The fourth-order valence-electron chi connectivity index (χ4n) is 3.06. The molecule has 21 heavy (non-hydrogen) atoms. The summed E-state index contributed by atoms with van der Waals surface area (Å²) in [5, 5.41) is 12.1. The molecule has 1 aromatic rings. The Balaban J connectivity index is 1.68. The van der Waals surface area contributed by atoms with E-state index in [9.17, 15) is 14.7 Å². The number of aliphatic hydroxyl groups is 1. The number of nitrogens with zero attached hydrogens (tertiary/aromatic N) is 1. The highest BCUT2D eigenvalue weighted by Crippen LogP contribution is 2.28. The normalized spacial score (nSPS) is 23.8. The SMILES string of the molecule is CN(CC1CC(O)C1)C(=O)c1ccc2c(c1)CCC(=O)N2. The molecule has 1 aliphatic carbocycles. The zero-order chi connectivity index (χ0) is 15.0. The van der Waals surface area contributed by atoms with Gasteiger partial charge in [-0.1, -0.05) is 0 Å². The van der Waals surface area contributed by atoms with Crippen LogP contribution in [-0.2, 0) is 11.2 Å². The van der Waals surface area contributed by atoms with E-state index in [0.29, 0.717) is 30.9 Å². The highest BCUT2D eigenvalue weighted by Gasteiger charge is 2.29. The molecule has 0 unspecified atom stereocenters. The molecule has 0 saturated heterocycles. The molecule has 1 saturated carbocycles. The van der Waals surface area contributed by atoms with Gasteiger partial charge in [0.05, 0.1) is 6.10 Å². The maximum Gasteiger partial charge on any atom is 0.253 e. The summed E-state index contributed by atoms with van der Waals surface area (Å²) >= 11 is 0. The van der Waals surface area contributed by atoms with Crippen LogP contribution < -0.4 is 5.32 Å². The molecule has 1 heterocycles. The van der Waals surface area contributed by atoms with Crippen molar-refractivity contribution in [3.05, 3.63) is 29.3 Å². The molecule has 0 aromatic heterocycles. The van der Waals surface area contributed by atoms with Crippen molar-refractivity contribution in [1.29, 1.82) is 0 Å². The van der Waals surface area contributed by atoms with Crippen LogP contribution in [0, 0.1) is 5.92 Å². The van der Waals surface area contributed by atoms with Crippen molar-refractivity contribution in [3.63, 3.8) is 0 Å². The minimum atomic E-state index is -0.189. The molecule has 2 amide bonds. The summed E-state index contributed by atoms with van der Waals surface area (Å²) in [6.45, 7) is 0.684. The van der Waals surface area contributed by atoms with E-state index in [0.717, 1.165) is 24.1 Å². The maximum absolute atomic E-state index is 12.4. The fourth-order valence-corrected chi connectivity index (χ4v) is 3.06. The zero-order valence-electron chi connectivity index (χ0n) is 12.1. The molecular weight excluding hydrogens is 268 g/mol. The molecule has 0 atom stereocenters. The lowest BCUT2D eigenvalue weighted by molar-refractivity contribution is -0.116. The van der Waals surface area contributed by atoms with Crippen LogP contribution in [0.25, 0.3) is 0 Å². The average molecular weight is 288 g/mol. The molecule has 1 fully saturated rings. The predicted octanol–water partition coefficient (Wildman–Crippen LogP) is 1.41. The number of fused-ring (bicyclic) bond motifs is 1. The van der Waals surface area contributed by atoms with Gasteiger partial charge in [0, 0.05) is 31.3 Å². The van der Waals surface area contributed by atoms with Gasteiger partial charge < -0.3 is 15.3 Å². The summed E-state index contributed by atoms with van der Waals surface area (Å²) in [6.07, 6.45) is 2.54. The summed E-state index contributed by atoms with van der Waals surface area (Å²) in [6, 6.07) is 5.45. The molecule has 2 aliphatic rings. The van der Waals surface area contributed by atoms with Gasteiger partial charge in [-0.05, 0) is 48.9 Å². The third kappa shape index (κ3) is 2.93. The fraction of sp³-hybridized carbons (Fsp3) is 0.500. The van der Waals surface area contributed by atoms with Crippen molar-refractivity contribution in [2.24, 2.45) is 5.92 Å². The van der Waals surface area contributed by atoms with Crippen molar-refractivity contribution in [2.45, 2.75) is 31.8 Å². The van der Waals surface area contributed by atoms with E-state index in [1.54, 1.807) is 24.1 Å². The van der Waals surface area contributed by atoms with E-state index in [1.165, 1.54) is 0 Å². The lowest BCUT2D eigenvalue weighted by Gasteiger charge is -2.34. The minimum Gasteiger partial charge on any atom is -0.393 e. The van der Waals surface area contributed by atoms with Crippen LogP contribution in [0.3, 0.4) is 0 Å². The molecule has 2 N–H and O–H groups in total. The van der Waals surface area contributed by atoms with Gasteiger partial charge in [-0.2, -0.15) is 0 Å². The smallest absolute Gasteiger partial charge is 0.253 e. The second-order valence-corrected chi connectivity index (χ2v) is 6.10.